The highest BCUT2D eigenvalue weighted by molar-refractivity contribution is 7.90. The summed E-state index contributed by atoms with van der Waals surface area (Å²) in [6.45, 7) is 1.15. The van der Waals surface area contributed by atoms with Crippen molar-refractivity contribution in [1.82, 2.24) is 14.1 Å². The molecule has 34 heavy (non-hydrogen) atoms. The number of sulfonamides is 1. The number of alkyl halides is 1. The first-order valence-corrected chi connectivity index (χ1v) is 12.9. The second-order valence-corrected chi connectivity index (χ2v) is 11.2. The van der Waals surface area contributed by atoms with Crippen molar-refractivity contribution in [3.63, 3.8) is 0 Å². The average Bonchev–Trinajstić information content (AvgIpc) is 3.58. The minimum Gasteiger partial charge on any atom is -0.483 e. The summed E-state index contributed by atoms with van der Waals surface area (Å²) < 4.78 is 74.7. The predicted octanol–water partition coefficient (Wildman–Crippen LogP) is 2.39. The van der Waals surface area contributed by atoms with Gasteiger partial charge in [-0.05, 0) is 37.8 Å². The third-order valence-electron chi connectivity index (χ3n) is 6.50. The first-order chi connectivity index (χ1) is 16.2. The minimum absolute atomic E-state index is 0.0859. The number of hydrogen-bond acceptors (Lipinski definition) is 6. The van der Waals surface area contributed by atoms with Gasteiger partial charge in [-0.15, -0.1) is 0 Å². The Bertz CT molecular complexity index is 1220. The zero-order valence-corrected chi connectivity index (χ0v) is 19.2. The van der Waals surface area contributed by atoms with E-state index in [1.807, 2.05) is 0 Å². The normalized spacial score (nSPS) is 23.9. The first kappa shape index (κ1) is 23.2. The predicted molar refractivity (Wildman–Crippen MR) is 119 cm³/mol. The first-order valence-electron chi connectivity index (χ1n) is 11.4. The maximum atomic E-state index is 13.8. The smallest absolute Gasteiger partial charge is 0.316 e. The molecule has 2 aromatic rings. The van der Waals surface area contributed by atoms with E-state index in [0.29, 0.717) is 50.5 Å². The molecule has 2 heterocycles. The topological polar surface area (TPSA) is 84.7 Å². The Morgan fingerprint density at radius 3 is 2.24 bits per heavy atom. The molecule has 2 unspecified atom stereocenters. The molecule has 2 aliphatic carbocycles. The van der Waals surface area contributed by atoms with Gasteiger partial charge in [0.1, 0.15) is 29.6 Å². The molecule has 1 saturated heterocycles. The van der Waals surface area contributed by atoms with Crippen molar-refractivity contribution in [2.24, 2.45) is 0 Å². The fourth-order valence-electron chi connectivity index (χ4n) is 4.53. The molecule has 1 aliphatic heterocycles. The van der Waals surface area contributed by atoms with Crippen LogP contribution in [0.4, 0.5) is 18.9 Å². The summed E-state index contributed by atoms with van der Waals surface area (Å²) in [6.07, 6.45) is 2.09. The lowest BCUT2D eigenvalue weighted by molar-refractivity contribution is 0.193. The molecule has 0 N–H and O–H groups in total. The molecule has 184 valence electrons. The number of halogens is 3. The molecular formula is C22H25F3N4O4S. The van der Waals surface area contributed by atoms with Crippen LogP contribution < -0.4 is 15.2 Å². The van der Waals surface area contributed by atoms with Crippen LogP contribution in [0.1, 0.15) is 32.1 Å². The molecule has 8 nitrogen and oxygen atoms in total. The molecule has 0 radical (unpaired) electrons. The van der Waals surface area contributed by atoms with Crippen LogP contribution in [0.3, 0.4) is 0 Å². The van der Waals surface area contributed by atoms with Crippen LogP contribution in [-0.4, -0.2) is 66.2 Å². The van der Waals surface area contributed by atoms with Crippen molar-refractivity contribution in [3.05, 3.63) is 46.4 Å². The lowest BCUT2D eigenvalue weighted by atomic mass is 10.2. The minimum atomic E-state index is -3.31. The van der Waals surface area contributed by atoms with E-state index < -0.39 is 39.5 Å². The second-order valence-electron chi connectivity index (χ2n) is 8.98. The molecule has 12 heteroatoms. The molecule has 3 aliphatic rings. The highest BCUT2D eigenvalue weighted by atomic mass is 32.2. The molecule has 0 bridgehead atoms. The van der Waals surface area contributed by atoms with Crippen molar-refractivity contribution in [1.29, 1.82) is 0 Å². The van der Waals surface area contributed by atoms with Gasteiger partial charge >= 0.3 is 5.56 Å². The number of anilines is 1. The summed E-state index contributed by atoms with van der Waals surface area (Å²) in [5.41, 5.74) is -0.476. The Kier molecular flexibility index (Phi) is 6.05. The largest absolute Gasteiger partial charge is 0.483 e. The van der Waals surface area contributed by atoms with Crippen LogP contribution in [0.25, 0.3) is 5.69 Å². The van der Waals surface area contributed by atoms with Crippen molar-refractivity contribution >= 4 is 15.7 Å². The number of aromatic nitrogens is 2. The third-order valence-corrected chi connectivity index (χ3v) is 8.90. The van der Waals surface area contributed by atoms with Crippen molar-refractivity contribution in [2.75, 3.05) is 31.1 Å². The van der Waals surface area contributed by atoms with E-state index in [9.17, 15) is 26.4 Å². The fraction of sp³-hybridized carbons (Fsp3) is 0.545. The number of hydrogen-bond donors (Lipinski definition) is 0. The molecule has 3 fully saturated rings. The highest BCUT2D eigenvalue weighted by Gasteiger charge is 2.41. The van der Waals surface area contributed by atoms with E-state index in [2.05, 4.69) is 5.10 Å². The average molecular weight is 499 g/mol. The van der Waals surface area contributed by atoms with Crippen LogP contribution in [-0.2, 0) is 10.0 Å². The van der Waals surface area contributed by atoms with Gasteiger partial charge in [0.2, 0.25) is 15.8 Å². The van der Waals surface area contributed by atoms with Gasteiger partial charge in [0.05, 0.1) is 17.1 Å². The zero-order chi connectivity index (χ0) is 24.0. The van der Waals surface area contributed by atoms with E-state index in [1.54, 1.807) is 4.90 Å². The van der Waals surface area contributed by atoms with Crippen LogP contribution >= 0.6 is 0 Å². The maximum Gasteiger partial charge on any atom is 0.316 e. The van der Waals surface area contributed by atoms with Crippen LogP contribution in [0.5, 0.6) is 5.75 Å². The SMILES string of the molecule is O=c1c(OC2CCC(F)C2)c(N2CCN(S(=O)(=O)C3CC3)CC2)cnn1-c1cc(F)cc(F)c1. The van der Waals surface area contributed by atoms with Gasteiger partial charge in [0.15, 0.2) is 0 Å². The summed E-state index contributed by atoms with van der Waals surface area (Å²) in [6, 6.07) is 2.65. The molecule has 2 saturated carbocycles. The quantitative estimate of drug-likeness (QED) is 0.608. The van der Waals surface area contributed by atoms with Crippen molar-refractivity contribution in [3.8, 4) is 11.4 Å². The highest BCUT2D eigenvalue weighted by Crippen LogP contribution is 2.34. The van der Waals surface area contributed by atoms with Crippen LogP contribution in [0, 0.1) is 11.6 Å². The number of rotatable bonds is 6. The fourth-order valence-corrected chi connectivity index (χ4v) is 6.36. The second kappa shape index (κ2) is 8.88. The molecule has 5 rings (SSSR count). The Hall–Kier alpha value is -2.60. The van der Waals surface area contributed by atoms with E-state index in [4.69, 9.17) is 4.74 Å². The summed E-state index contributed by atoms with van der Waals surface area (Å²) in [5, 5.41) is 3.81. The van der Waals surface area contributed by atoms with Gasteiger partial charge in [-0.3, -0.25) is 4.79 Å². The molecule has 2 atom stereocenters. The third kappa shape index (κ3) is 4.52. The molecule has 1 aromatic heterocycles. The van der Waals surface area contributed by atoms with Gasteiger partial charge < -0.3 is 9.64 Å². The monoisotopic (exact) mass is 498 g/mol. The summed E-state index contributed by atoms with van der Waals surface area (Å²) >= 11 is 0. The lowest BCUT2D eigenvalue weighted by Crippen LogP contribution is -2.50. The summed E-state index contributed by atoms with van der Waals surface area (Å²) in [5.74, 6) is -1.81. The molecule has 0 spiro atoms. The van der Waals surface area contributed by atoms with E-state index in [0.717, 1.165) is 16.8 Å². The Balaban J connectivity index is 1.46. The summed E-state index contributed by atoms with van der Waals surface area (Å²) in [7, 11) is -3.31. The number of ether oxygens (including phenoxy) is 1. The van der Waals surface area contributed by atoms with Gasteiger partial charge in [-0.1, -0.05) is 0 Å². The number of nitrogens with zero attached hydrogens (tertiary/aromatic N) is 4. The van der Waals surface area contributed by atoms with Crippen LogP contribution in [0.15, 0.2) is 29.2 Å². The van der Waals surface area contributed by atoms with E-state index >= 15 is 0 Å². The van der Waals surface area contributed by atoms with E-state index in [-0.39, 0.29) is 36.2 Å². The standard InChI is InChI=1S/C22H25F3N4O4S/c23-14-1-2-18(12-14)33-21-20(27-5-7-28(8-6-27)34(31,32)19-3-4-19)13-26-29(22(21)30)17-10-15(24)9-16(25)11-17/h9-11,13-14,18-19H,1-8,12H2. The van der Waals surface area contributed by atoms with Gasteiger partial charge in [-0.2, -0.15) is 14.1 Å². The van der Waals surface area contributed by atoms with Crippen molar-refractivity contribution in [2.45, 2.75) is 49.6 Å². The lowest BCUT2D eigenvalue weighted by Gasteiger charge is -2.36. The van der Waals surface area contributed by atoms with Gasteiger partial charge in [0.25, 0.3) is 0 Å². The van der Waals surface area contributed by atoms with Gasteiger partial charge in [-0.25, -0.2) is 21.6 Å². The van der Waals surface area contributed by atoms with Crippen LogP contribution in [0.2, 0.25) is 0 Å². The summed E-state index contributed by atoms with van der Waals surface area (Å²) in [4.78, 5) is 15.2. The Morgan fingerprint density at radius 2 is 1.65 bits per heavy atom. The van der Waals surface area contributed by atoms with Crippen molar-refractivity contribution < 1.29 is 26.3 Å². The molecule has 1 aromatic carbocycles. The zero-order valence-electron chi connectivity index (χ0n) is 18.4. The number of benzene rings is 1. The molecule has 0 amide bonds. The molecular weight excluding hydrogens is 473 g/mol. The van der Waals surface area contributed by atoms with Gasteiger partial charge in [0, 0.05) is 38.7 Å². The Morgan fingerprint density at radius 1 is 0.971 bits per heavy atom. The maximum absolute atomic E-state index is 13.8. The Labute approximate surface area is 195 Å². The van der Waals surface area contributed by atoms with E-state index in [1.165, 1.54) is 10.5 Å². The number of piperazine rings is 1.